The lowest BCUT2D eigenvalue weighted by Gasteiger charge is -2.41. The van der Waals surface area contributed by atoms with Crippen molar-refractivity contribution in [1.82, 2.24) is 15.5 Å². The molecule has 0 spiro atoms. The van der Waals surface area contributed by atoms with Crippen LogP contribution in [-0.2, 0) is 17.0 Å². The van der Waals surface area contributed by atoms with Crippen LogP contribution in [0.3, 0.4) is 0 Å². The van der Waals surface area contributed by atoms with Gasteiger partial charge in [0.05, 0.1) is 19.8 Å². The molecule has 2 N–H and O–H groups in total. The molecule has 0 bridgehead atoms. The van der Waals surface area contributed by atoms with Gasteiger partial charge in [0.2, 0.25) is 0 Å². The molecule has 0 aromatic heterocycles. The monoisotopic (exact) mass is 396 g/mol. The van der Waals surface area contributed by atoms with Gasteiger partial charge in [0, 0.05) is 37.5 Å². The fourth-order valence-corrected chi connectivity index (χ4v) is 3.70. The number of nitrogens with zero attached hydrogens (tertiary/aromatic N) is 2. The Morgan fingerprint density at radius 2 is 2.00 bits per heavy atom. The molecular formula is C20H33FN4OS. The highest BCUT2D eigenvalue weighted by atomic mass is 32.2. The summed E-state index contributed by atoms with van der Waals surface area (Å²) >= 11 is 1.69. The van der Waals surface area contributed by atoms with Crippen molar-refractivity contribution >= 4 is 17.7 Å². The van der Waals surface area contributed by atoms with Gasteiger partial charge in [-0.25, -0.2) is 9.38 Å². The fourth-order valence-electron chi connectivity index (χ4n) is 3.13. The Balaban J connectivity index is 2.01. The van der Waals surface area contributed by atoms with Gasteiger partial charge in [-0.3, -0.25) is 4.90 Å². The third-order valence-electron chi connectivity index (χ3n) is 4.78. The van der Waals surface area contributed by atoms with Crippen LogP contribution in [-0.4, -0.2) is 62.0 Å². The lowest BCUT2D eigenvalue weighted by atomic mass is 10.0. The number of guanidine groups is 1. The van der Waals surface area contributed by atoms with Crippen LogP contribution in [0.5, 0.6) is 0 Å². The molecule has 1 fully saturated rings. The minimum absolute atomic E-state index is 0.0137. The second kappa shape index (κ2) is 10.9. The first-order valence-corrected chi connectivity index (χ1v) is 11.0. The van der Waals surface area contributed by atoms with Gasteiger partial charge in [-0.05, 0) is 50.3 Å². The summed E-state index contributed by atoms with van der Waals surface area (Å²) in [4.78, 5) is 7.17. The third-order valence-corrected chi connectivity index (χ3v) is 5.38. The van der Waals surface area contributed by atoms with Gasteiger partial charge in [-0.2, -0.15) is 11.8 Å². The maximum atomic E-state index is 13.5. The SMILES string of the molecule is CCNC(=NCc1ccc(F)cc1CSC)NCC(C)(C)N1CCOCC1. The summed E-state index contributed by atoms with van der Waals surface area (Å²) in [7, 11) is 0. The van der Waals surface area contributed by atoms with Crippen LogP contribution < -0.4 is 10.6 Å². The molecule has 5 nitrogen and oxygen atoms in total. The lowest BCUT2D eigenvalue weighted by Crippen LogP contribution is -2.56. The largest absolute Gasteiger partial charge is 0.379 e. The van der Waals surface area contributed by atoms with Crippen molar-refractivity contribution in [3.05, 3.63) is 35.1 Å². The lowest BCUT2D eigenvalue weighted by molar-refractivity contribution is -0.00834. The van der Waals surface area contributed by atoms with Gasteiger partial charge in [-0.15, -0.1) is 0 Å². The van der Waals surface area contributed by atoms with Crippen LogP contribution in [0, 0.1) is 5.82 Å². The van der Waals surface area contributed by atoms with Gasteiger partial charge >= 0.3 is 0 Å². The summed E-state index contributed by atoms with van der Waals surface area (Å²) in [5.41, 5.74) is 2.09. The molecule has 0 unspecified atom stereocenters. The summed E-state index contributed by atoms with van der Waals surface area (Å²) in [6.45, 7) is 12.2. The Kier molecular flexibility index (Phi) is 8.86. The van der Waals surface area contributed by atoms with Crippen molar-refractivity contribution in [2.45, 2.75) is 38.6 Å². The van der Waals surface area contributed by atoms with Crippen molar-refractivity contribution in [3.8, 4) is 0 Å². The van der Waals surface area contributed by atoms with E-state index in [1.54, 1.807) is 17.8 Å². The van der Waals surface area contributed by atoms with Gasteiger partial charge in [0.25, 0.3) is 0 Å². The maximum absolute atomic E-state index is 13.5. The third kappa shape index (κ3) is 6.97. The van der Waals surface area contributed by atoms with Gasteiger partial charge in [0.1, 0.15) is 5.82 Å². The van der Waals surface area contributed by atoms with E-state index in [0.717, 1.165) is 62.2 Å². The Labute approximate surface area is 167 Å². The van der Waals surface area contributed by atoms with Crippen LogP contribution >= 0.6 is 11.8 Å². The number of halogens is 1. The number of morpholine rings is 1. The van der Waals surface area contributed by atoms with E-state index in [4.69, 9.17) is 9.73 Å². The highest BCUT2D eigenvalue weighted by Gasteiger charge is 2.28. The molecule has 1 aliphatic heterocycles. The Morgan fingerprint density at radius 1 is 1.26 bits per heavy atom. The van der Waals surface area contributed by atoms with E-state index in [-0.39, 0.29) is 11.4 Å². The number of hydrogen-bond donors (Lipinski definition) is 2. The van der Waals surface area contributed by atoms with Gasteiger partial charge in [-0.1, -0.05) is 6.07 Å². The van der Waals surface area contributed by atoms with Crippen molar-refractivity contribution in [2.24, 2.45) is 4.99 Å². The highest BCUT2D eigenvalue weighted by Crippen LogP contribution is 2.18. The zero-order valence-electron chi connectivity index (χ0n) is 17.0. The van der Waals surface area contributed by atoms with Crippen LogP contribution in [0.4, 0.5) is 4.39 Å². The molecule has 1 aliphatic rings. The number of rotatable bonds is 8. The number of benzene rings is 1. The summed E-state index contributed by atoms with van der Waals surface area (Å²) in [6, 6.07) is 4.96. The highest BCUT2D eigenvalue weighted by molar-refractivity contribution is 7.97. The summed E-state index contributed by atoms with van der Waals surface area (Å²) in [5, 5.41) is 6.78. The molecule has 0 amide bonds. The molecule has 27 heavy (non-hydrogen) atoms. The smallest absolute Gasteiger partial charge is 0.191 e. The van der Waals surface area contributed by atoms with E-state index in [2.05, 4.69) is 36.3 Å². The van der Waals surface area contributed by atoms with E-state index in [9.17, 15) is 4.39 Å². The van der Waals surface area contributed by atoms with Crippen LogP contribution in [0.15, 0.2) is 23.2 Å². The molecular weight excluding hydrogens is 363 g/mol. The Hall–Kier alpha value is -1.31. The van der Waals surface area contributed by atoms with E-state index >= 15 is 0 Å². The second-order valence-corrected chi connectivity index (χ2v) is 8.17. The van der Waals surface area contributed by atoms with Crippen LogP contribution in [0.2, 0.25) is 0 Å². The minimum atomic E-state index is -0.191. The fraction of sp³-hybridized carbons (Fsp3) is 0.650. The van der Waals surface area contributed by atoms with E-state index < -0.39 is 0 Å². The van der Waals surface area contributed by atoms with Crippen LogP contribution in [0.25, 0.3) is 0 Å². The number of aliphatic imine (C=N–C) groups is 1. The number of ether oxygens (including phenoxy) is 1. The first kappa shape index (κ1) is 22.0. The summed E-state index contributed by atoms with van der Waals surface area (Å²) in [6.07, 6.45) is 2.03. The van der Waals surface area contributed by atoms with E-state index in [0.29, 0.717) is 6.54 Å². The predicted molar refractivity (Wildman–Crippen MR) is 113 cm³/mol. The number of thioether (sulfide) groups is 1. The van der Waals surface area contributed by atoms with Crippen LogP contribution in [0.1, 0.15) is 31.9 Å². The molecule has 0 saturated carbocycles. The molecule has 1 saturated heterocycles. The molecule has 0 atom stereocenters. The molecule has 0 radical (unpaired) electrons. The molecule has 1 aromatic rings. The number of nitrogens with one attached hydrogen (secondary N) is 2. The molecule has 1 heterocycles. The zero-order chi connectivity index (χ0) is 19.7. The first-order valence-electron chi connectivity index (χ1n) is 9.57. The molecule has 152 valence electrons. The van der Waals surface area contributed by atoms with Crippen molar-refractivity contribution in [3.63, 3.8) is 0 Å². The Morgan fingerprint density at radius 3 is 2.67 bits per heavy atom. The first-order chi connectivity index (χ1) is 13.0. The van der Waals surface area contributed by atoms with Gasteiger partial charge in [0.15, 0.2) is 5.96 Å². The van der Waals surface area contributed by atoms with Crippen molar-refractivity contribution in [1.29, 1.82) is 0 Å². The zero-order valence-corrected chi connectivity index (χ0v) is 17.8. The second-order valence-electron chi connectivity index (χ2n) is 7.31. The van der Waals surface area contributed by atoms with Gasteiger partial charge < -0.3 is 15.4 Å². The average Bonchev–Trinajstić information content (AvgIpc) is 2.66. The predicted octanol–water partition coefficient (Wildman–Crippen LogP) is 2.85. The topological polar surface area (TPSA) is 48.9 Å². The number of hydrogen-bond acceptors (Lipinski definition) is 4. The van der Waals surface area contributed by atoms with Crippen molar-refractivity contribution < 1.29 is 9.13 Å². The summed E-state index contributed by atoms with van der Waals surface area (Å²) in [5.74, 6) is 1.39. The molecule has 1 aromatic carbocycles. The summed E-state index contributed by atoms with van der Waals surface area (Å²) < 4.78 is 19.0. The van der Waals surface area contributed by atoms with Crippen molar-refractivity contribution in [2.75, 3.05) is 45.6 Å². The molecule has 0 aliphatic carbocycles. The maximum Gasteiger partial charge on any atom is 0.191 e. The van der Waals surface area contributed by atoms with E-state index in [1.165, 1.54) is 6.07 Å². The van der Waals surface area contributed by atoms with E-state index in [1.807, 2.05) is 12.3 Å². The molecule has 7 heteroatoms. The quantitative estimate of drug-likeness (QED) is 0.523. The average molecular weight is 397 g/mol. The normalized spacial score (nSPS) is 16.4. The minimum Gasteiger partial charge on any atom is -0.379 e. The Bertz CT molecular complexity index is 618. The molecule has 2 rings (SSSR count). The standard InChI is InChI=1S/C20H33FN4OS/c1-5-22-19(24-15-20(2,3)25-8-10-26-11-9-25)23-13-16-6-7-18(21)12-17(16)14-27-4/h6-7,12H,5,8-11,13-15H2,1-4H3,(H2,22,23,24).